The second kappa shape index (κ2) is 7.31. The molecule has 0 spiro atoms. The second-order valence-electron chi connectivity index (χ2n) is 7.11. The molecule has 1 aromatic heterocycles. The summed E-state index contributed by atoms with van der Waals surface area (Å²) in [5.41, 5.74) is 4.77. The molecule has 1 amide bonds. The van der Waals surface area contributed by atoms with Crippen LogP contribution in [-0.4, -0.2) is 10.6 Å². The number of nitrogens with one attached hydrogen (secondary N) is 1. The molecule has 0 bridgehead atoms. The molecule has 140 valence electrons. The van der Waals surface area contributed by atoms with Crippen molar-refractivity contribution in [1.29, 1.82) is 0 Å². The number of carbonyl (C=O) groups excluding carboxylic acids is 1. The summed E-state index contributed by atoms with van der Waals surface area (Å²) in [5, 5.41) is 3.86. The number of aromatic nitrogens is 1. The van der Waals surface area contributed by atoms with Gasteiger partial charge < -0.3 is 5.32 Å². The minimum Gasteiger partial charge on any atom is -0.307 e. The van der Waals surface area contributed by atoms with Gasteiger partial charge in [-0.3, -0.25) is 4.57 Å². The van der Waals surface area contributed by atoms with Crippen molar-refractivity contribution in [2.24, 2.45) is 0 Å². The zero-order valence-corrected chi connectivity index (χ0v) is 15.8. The molecular weight excluding hydrogens is 351 g/mol. The Morgan fingerprint density at radius 2 is 1.57 bits per heavy atom. The molecule has 0 atom stereocenters. The first-order valence-corrected chi connectivity index (χ1v) is 9.31. The highest BCUT2D eigenvalue weighted by Gasteiger charge is 2.17. The Bertz CT molecular complexity index is 1140. The van der Waals surface area contributed by atoms with E-state index in [1.54, 1.807) is 16.7 Å². The van der Waals surface area contributed by atoms with Crippen LogP contribution in [0.1, 0.15) is 25.3 Å². The van der Waals surface area contributed by atoms with Crippen LogP contribution in [0, 0.1) is 5.82 Å². The van der Waals surface area contributed by atoms with E-state index in [0.29, 0.717) is 11.6 Å². The van der Waals surface area contributed by atoms with Gasteiger partial charge in [-0.15, -0.1) is 0 Å². The standard InChI is InChI=1S/C24H21FN2O/c1-16(2)19-7-3-4-8-20(19)22-15-27(23-10-6-5-9-21(22)23)24(28)26-18-13-11-17(25)12-14-18/h3-16H,1-2H3,(H,26,28). The highest BCUT2D eigenvalue weighted by molar-refractivity contribution is 6.04. The highest BCUT2D eigenvalue weighted by Crippen LogP contribution is 2.35. The van der Waals surface area contributed by atoms with Crippen LogP contribution in [0.5, 0.6) is 0 Å². The number of fused-ring (bicyclic) bond motifs is 1. The number of para-hydroxylation sites is 1. The summed E-state index contributed by atoms with van der Waals surface area (Å²) in [5.74, 6) is 0.0309. The number of halogens is 1. The predicted molar refractivity (Wildman–Crippen MR) is 112 cm³/mol. The van der Waals surface area contributed by atoms with Gasteiger partial charge in [-0.25, -0.2) is 9.18 Å². The number of anilines is 1. The molecule has 4 rings (SSSR count). The molecule has 0 aliphatic rings. The van der Waals surface area contributed by atoms with E-state index >= 15 is 0 Å². The van der Waals surface area contributed by atoms with Gasteiger partial charge in [-0.1, -0.05) is 56.3 Å². The SMILES string of the molecule is CC(C)c1ccccc1-c1cn(C(=O)Nc2ccc(F)cc2)c2ccccc12. The first kappa shape index (κ1) is 18.0. The first-order chi connectivity index (χ1) is 13.5. The molecule has 4 aromatic rings. The number of carbonyl (C=O) groups is 1. The van der Waals surface area contributed by atoms with E-state index in [-0.39, 0.29) is 11.8 Å². The van der Waals surface area contributed by atoms with Gasteiger partial charge >= 0.3 is 6.03 Å². The maximum atomic E-state index is 13.1. The normalized spacial score (nSPS) is 11.1. The van der Waals surface area contributed by atoms with Crippen LogP contribution in [0.4, 0.5) is 14.9 Å². The van der Waals surface area contributed by atoms with E-state index in [4.69, 9.17) is 0 Å². The van der Waals surface area contributed by atoms with Gasteiger partial charge in [0, 0.05) is 22.8 Å². The highest BCUT2D eigenvalue weighted by atomic mass is 19.1. The lowest BCUT2D eigenvalue weighted by molar-refractivity contribution is 0.254. The zero-order valence-electron chi connectivity index (χ0n) is 15.8. The van der Waals surface area contributed by atoms with Crippen molar-refractivity contribution in [1.82, 2.24) is 4.57 Å². The molecule has 0 radical (unpaired) electrons. The second-order valence-corrected chi connectivity index (χ2v) is 7.11. The van der Waals surface area contributed by atoms with E-state index in [0.717, 1.165) is 22.0 Å². The van der Waals surface area contributed by atoms with Gasteiger partial charge in [0.1, 0.15) is 5.82 Å². The summed E-state index contributed by atoms with van der Waals surface area (Å²) in [6, 6.07) is 21.6. The fourth-order valence-corrected chi connectivity index (χ4v) is 3.52. The van der Waals surface area contributed by atoms with E-state index in [2.05, 4.69) is 31.3 Å². The summed E-state index contributed by atoms with van der Waals surface area (Å²) in [6.07, 6.45) is 1.88. The third kappa shape index (κ3) is 3.29. The Morgan fingerprint density at radius 3 is 2.32 bits per heavy atom. The molecule has 0 saturated carbocycles. The lowest BCUT2D eigenvalue weighted by Gasteiger charge is -2.12. The fourth-order valence-electron chi connectivity index (χ4n) is 3.52. The van der Waals surface area contributed by atoms with Crippen molar-refractivity contribution < 1.29 is 9.18 Å². The zero-order chi connectivity index (χ0) is 19.7. The number of hydrogen-bond donors (Lipinski definition) is 1. The lowest BCUT2D eigenvalue weighted by Crippen LogP contribution is -2.18. The summed E-state index contributed by atoms with van der Waals surface area (Å²) in [4.78, 5) is 12.9. The molecular formula is C24H21FN2O. The van der Waals surface area contributed by atoms with Crippen molar-refractivity contribution in [3.05, 3.63) is 90.4 Å². The Kier molecular flexibility index (Phi) is 4.70. The van der Waals surface area contributed by atoms with Gasteiger partial charge in [0.15, 0.2) is 0 Å². The average molecular weight is 372 g/mol. The molecule has 0 aliphatic heterocycles. The number of nitrogens with zero attached hydrogens (tertiary/aromatic N) is 1. The topological polar surface area (TPSA) is 34.0 Å². The number of amides is 1. The maximum Gasteiger partial charge on any atom is 0.330 e. The van der Waals surface area contributed by atoms with Crippen molar-refractivity contribution in [2.45, 2.75) is 19.8 Å². The minimum absolute atomic E-state index is 0.281. The Labute approximate surface area is 163 Å². The Morgan fingerprint density at radius 1 is 0.893 bits per heavy atom. The molecule has 28 heavy (non-hydrogen) atoms. The van der Waals surface area contributed by atoms with Gasteiger partial charge in [0.2, 0.25) is 0 Å². The van der Waals surface area contributed by atoms with Gasteiger partial charge in [-0.2, -0.15) is 0 Å². The van der Waals surface area contributed by atoms with Crippen LogP contribution in [0.3, 0.4) is 0 Å². The van der Waals surface area contributed by atoms with E-state index < -0.39 is 0 Å². The van der Waals surface area contributed by atoms with Crippen molar-refractivity contribution in [3.63, 3.8) is 0 Å². The van der Waals surface area contributed by atoms with Crippen LogP contribution in [0.25, 0.3) is 22.0 Å². The number of rotatable bonds is 3. The van der Waals surface area contributed by atoms with Crippen LogP contribution < -0.4 is 5.32 Å². The monoisotopic (exact) mass is 372 g/mol. The Balaban J connectivity index is 1.81. The summed E-state index contributed by atoms with van der Waals surface area (Å²) in [6.45, 7) is 4.33. The average Bonchev–Trinajstić information content (AvgIpc) is 3.09. The fraction of sp³-hybridized carbons (Fsp3) is 0.125. The van der Waals surface area contributed by atoms with Crippen LogP contribution >= 0.6 is 0 Å². The summed E-state index contributed by atoms with van der Waals surface area (Å²) in [7, 11) is 0. The van der Waals surface area contributed by atoms with Gasteiger partial charge in [0.25, 0.3) is 0 Å². The molecule has 1 heterocycles. The molecule has 3 nitrogen and oxygen atoms in total. The molecule has 0 saturated heterocycles. The quantitative estimate of drug-likeness (QED) is 0.429. The molecule has 0 unspecified atom stereocenters. The van der Waals surface area contributed by atoms with Crippen molar-refractivity contribution >= 4 is 22.6 Å². The third-order valence-corrected chi connectivity index (χ3v) is 4.90. The Hall–Kier alpha value is -3.40. The van der Waals surface area contributed by atoms with Crippen LogP contribution in [-0.2, 0) is 0 Å². The van der Waals surface area contributed by atoms with Crippen LogP contribution in [0.2, 0.25) is 0 Å². The molecule has 4 heteroatoms. The summed E-state index contributed by atoms with van der Waals surface area (Å²) < 4.78 is 14.7. The molecule has 0 aliphatic carbocycles. The van der Waals surface area contributed by atoms with Gasteiger partial charge in [-0.05, 0) is 47.4 Å². The minimum atomic E-state index is -0.336. The smallest absolute Gasteiger partial charge is 0.307 e. The first-order valence-electron chi connectivity index (χ1n) is 9.31. The predicted octanol–water partition coefficient (Wildman–Crippen LogP) is 6.65. The van der Waals surface area contributed by atoms with Crippen LogP contribution in [0.15, 0.2) is 79.0 Å². The van der Waals surface area contributed by atoms with E-state index in [1.165, 1.54) is 17.7 Å². The largest absolute Gasteiger partial charge is 0.330 e. The van der Waals surface area contributed by atoms with E-state index in [9.17, 15) is 9.18 Å². The molecule has 3 aromatic carbocycles. The van der Waals surface area contributed by atoms with Crippen molar-refractivity contribution in [2.75, 3.05) is 5.32 Å². The van der Waals surface area contributed by atoms with Gasteiger partial charge in [0.05, 0.1) is 5.52 Å². The maximum absolute atomic E-state index is 13.1. The third-order valence-electron chi connectivity index (χ3n) is 4.90. The summed E-state index contributed by atoms with van der Waals surface area (Å²) >= 11 is 0. The molecule has 1 N–H and O–H groups in total. The van der Waals surface area contributed by atoms with E-state index in [1.807, 2.05) is 42.6 Å². The number of benzene rings is 3. The molecule has 0 fully saturated rings. The number of hydrogen-bond acceptors (Lipinski definition) is 1. The lowest BCUT2D eigenvalue weighted by atomic mass is 9.92. The van der Waals surface area contributed by atoms with Crippen molar-refractivity contribution in [3.8, 4) is 11.1 Å².